The lowest BCUT2D eigenvalue weighted by Crippen LogP contribution is -2.28. The summed E-state index contributed by atoms with van der Waals surface area (Å²) < 4.78 is 68.7. The molecule has 28 heavy (non-hydrogen) atoms. The Hall–Kier alpha value is -2.81. The van der Waals surface area contributed by atoms with E-state index in [0.29, 0.717) is 5.56 Å². The fraction of sp³-hybridized carbons (Fsp3) is 0.211. The van der Waals surface area contributed by atoms with Gasteiger partial charge in [-0.15, -0.1) is 0 Å². The van der Waals surface area contributed by atoms with Gasteiger partial charge in [-0.05, 0) is 41.3 Å². The SMILES string of the molecule is COC(=O)[C@@]1(c2ccc(OS(=O)(=O)C(F)(F)F)cc2)C(C)=C1c1ccccc1. The smallest absolute Gasteiger partial charge is 0.468 e. The quantitative estimate of drug-likeness (QED) is 0.424. The van der Waals surface area contributed by atoms with Gasteiger partial charge in [0, 0.05) is 0 Å². The molecule has 0 aromatic heterocycles. The Morgan fingerprint density at radius 3 is 2.07 bits per heavy atom. The second kappa shape index (κ2) is 6.66. The maximum atomic E-state index is 12.6. The van der Waals surface area contributed by atoms with Gasteiger partial charge in [-0.1, -0.05) is 42.5 Å². The van der Waals surface area contributed by atoms with Crippen LogP contribution in [-0.4, -0.2) is 27.0 Å². The third-order valence-electron chi connectivity index (χ3n) is 4.58. The maximum Gasteiger partial charge on any atom is 0.534 e. The van der Waals surface area contributed by atoms with E-state index < -0.39 is 32.8 Å². The number of halogens is 3. The van der Waals surface area contributed by atoms with Crippen LogP contribution in [0.25, 0.3) is 5.57 Å². The number of ether oxygens (including phenoxy) is 1. The minimum absolute atomic E-state index is 0.437. The molecule has 9 heteroatoms. The van der Waals surface area contributed by atoms with Crippen molar-refractivity contribution in [3.8, 4) is 5.75 Å². The minimum atomic E-state index is -5.77. The van der Waals surface area contributed by atoms with Gasteiger partial charge < -0.3 is 8.92 Å². The lowest BCUT2D eigenvalue weighted by Gasteiger charge is -2.19. The summed E-state index contributed by atoms with van der Waals surface area (Å²) in [4.78, 5) is 12.6. The molecule has 148 valence electrons. The van der Waals surface area contributed by atoms with E-state index in [2.05, 4.69) is 4.18 Å². The number of alkyl halides is 3. The van der Waals surface area contributed by atoms with Gasteiger partial charge in [0.15, 0.2) is 0 Å². The fourth-order valence-corrected chi connectivity index (χ4v) is 3.72. The standard InChI is InChI=1S/C19H15F3O5S/c1-12-16(13-6-4-3-5-7-13)18(12,17(23)26-2)14-8-10-15(11-9-14)27-28(24,25)19(20,21)22/h3-11H,1-2H3/t18-/m1/s1. The summed E-state index contributed by atoms with van der Waals surface area (Å²) in [5, 5.41) is 0. The molecule has 0 heterocycles. The Labute approximate surface area is 159 Å². The molecule has 1 atom stereocenters. The van der Waals surface area contributed by atoms with Gasteiger partial charge in [0.05, 0.1) is 7.11 Å². The van der Waals surface area contributed by atoms with Gasteiger partial charge in [-0.25, -0.2) is 0 Å². The Kier molecular flexibility index (Phi) is 4.74. The monoisotopic (exact) mass is 412 g/mol. The molecular formula is C19H15F3O5S. The van der Waals surface area contributed by atoms with Crippen LogP contribution in [0.3, 0.4) is 0 Å². The molecule has 0 N–H and O–H groups in total. The molecule has 0 bridgehead atoms. The molecule has 0 aliphatic heterocycles. The molecular weight excluding hydrogens is 397 g/mol. The van der Waals surface area contributed by atoms with E-state index in [4.69, 9.17) is 4.74 Å². The van der Waals surface area contributed by atoms with Crippen molar-refractivity contribution in [2.24, 2.45) is 0 Å². The van der Waals surface area contributed by atoms with Crippen molar-refractivity contribution in [2.75, 3.05) is 7.11 Å². The van der Waals surface area contributed by atoms with Gasteiger partial charge in [0.1, 0.15) is 11.2 Å². The largest absolute Gasteiger partial charge is 0.534 e. The van der Waals surface area contributed by atoms with Crippen LogP contribution in [0.5, 0.6) is 5.75 Å². The van der Waals surface area contributed by atoms with Crippen molar-refractivity contribution < 1.29 is 35.3 Å². The number of carbonyl (C=O) groups excluding carboxylic acids is 1. The summed E-state index contributed by atoms with van der Waals surface area (Å²) in [5.41, 5.74) is -3.98. The van der Waals surface area contributed by atoms with E-state index >= 15 is 0 Å². The predicted octanol–water partition coefficient (Wildman–Crippen LogP) is 3.81. The van der Waals surface area contributed by atoms with Gasteiger partial charge >= 0.3 is 21.6 Å². The van der Waals surface area contributed by atoms with Crippen LogP contribution >= 0.6 is 0 Å². The van der Waals surface area contributed by atoms with Crippen LogP contribution in [0.2, 0.25) is 0 Å². The average molecular weight is 412 g/mol. The van der Waals surface area contributed by atoms with E-state index in [1.165, 1.54) is 19.2 Å². The van der Waals surface area contributed by atoms with Crippen molar-refractivity contribution in [1.82, 2.24) is 0 Å². The number of rotatable bonds is 5. The second-order valence-corrected chi connectivity index (χ2v) is 7.65. The zero-order chi connectivity index (χ0) is 20.7. The molecule has 0 radical (unpaired) electrons. The Balaban J connectivity index is 1.96. The summed E-state index contributed by atoms with van der Waals surface area (Å²) in [6, 6.07) is 13.9. The highest BCUT2D eigenvalue weighted by molar-refractivity contribution is 7.88. The third kappa shape index (κ3) is 3.05. The summed E-state index contributed by atoms with van der Waals surface area (Å²) in [7, 11) is -4.53. The molecule has 1 aliphatic carbocycles. The van der Waals surface area contributed by atoms with Crippen LogP contribution < -0.4 is 4.18 Å². The predicted molar refractivity (Wildman–Crippen MR) is 94.8 cm³/mol. The van der Waals surface area contributed by atoms with E-state index in [9.17, 15) is 26.4 Å². The minimum Gasteiger partial charge on any atom is -0.468 e. The van der Waals surface area contributed by atoms with Gasteiger partial charge in [-0.2, -0.15) is 21.6 Å². The van der Waals surface area contributed by atoms with Gasteiger partial charge in [0.25, 0.3) is 0 Å². The Morgan fingerprint density at radius 1 is 1.00 bits per heavy atom. The van der Waals surface area contributed by atoms with Crippen molar-refractivity contribution in [3.63, 3.8) is 0 Å². The highest BCUT2D eigenvalue weighted by Crippen LogP contribution is 2.60. The van der Waals surface area contributed by atoms with Crippen molar-refractivity contribution >= 4 is 21.7 Å². The number of hydrogen-bond donors (Lipinski definition) is 0. The maximum absolute atomic E-state index is 12.6. The third-order valence-corrected chi connectivity index (χ3v) is 5.56. The molecule has 0 unspecified atom stereocenters. The molecule has 0 amide bonds. The molecule has 2 aromatic rings. The van der Waals surface area contributed by atoms with Crippen LogP contribution in [0.4, 0.5) is 13.2 Å². The van der Waals surface area contributed by atoms with Crippen molar-refractivity contribution in [1.29, 1.82) is 0 Å². The summed E-state index contributed by atoms with van der Waals surface area (Å²) in [6.07, 6.45) is 0. The van der Waals surface area contributed by atoms with Crippen LogP contribution in [0, 0.1) is 0 Å². The molecule has 0 saturated heterocycles. The van der Waals surface area contributed by atoms with Crippen molar-refractivity contribution in [2.45, 2.75) is 17.8 Å². The number of benzene rings is 2. The Morgan fingerprint density at radius 2 is 1.57 bits per heavy atom. The molecule has 0 spiro atoms. The Bertz CT molecular complexity index is 1040. The van der Waals surface area contributed by atoms with Crippen molar-refractivity contribution in [3.05, 3.63) is 71.3 Å². The topological polar surface area (TPSA) is 69.7 Å². The van der Waals surface area contributed by atoms with Crippen LogP contribution in [-0.2, 0) is 25.1 Å². The lowest BCUT2D eigenvalue weighted by molar-refractivity contribution is -0.142. The molecule has 2 aromatic carbocycles. The first-order valence-corrected chi connectivity index (χ1v) is 9.43. The summed E-state index contributed by atoms with van der Waals surface area (Å²) >= 11 is 0. The van der Waals surface area contributed by atoms with E-state index in [-0.39, 0.29) is 0 Å². The van der Waals surface area contributed by atoms with E-state index in [0.717, 1.165) is 28.8 Å². The zero-order valence-electron chi connectivity index (χ0n) is 14.8. The number of esters is 1. The highest BCUT2D eigenvalue weighted by Gasteiger charge is 2.59. The fourth-order valence-electron chi connectivity index (χ4n) is 3.27. The van der Waals surface area contributed by atoms with Crippen LogP contribution in [0.15, 0.2) is 60.2 Å². The molecule has 5 nitrogen and oxygen atoms in total. The van der Waals surface area contributed by atoms with Gasteiger partial charge in [0.2, 0.25) is 0 Å². The molecule has 3 rings (SSSR count). The van der Waals surface area contributed by atoms with E-state index in [1.54, 1.807) is 6.92 Å². The first-order chi connectivity index (χ1) is 13.1. The normalized spacial score (nSPS) is 19.3. The molecule has 0 fully saturated rings. The van der Waals surface area contributed by atoms with Crippen LogP contribution in [0.1, 0.15) is 18.1 Å². The molecule has 1 aliphatic rings. The number of methoxy groups -OCH3 is 1. The average Bonchev–Trinajstić information content (AvgIpc) is 3.27. The summed E-state index contributed by atoms with van der Waals surface area (Å²) in [6.45, 7) is 1.76. The van der Waals surface area contributed by atoms with Gasteiger partial charge in [-0.3, -0.25) is 4.79 Å². The first kappa shape index (κ1) is 19.9. The number of hydrogen-bond acceptors (Lipinski definition) is 5. The first-order valence-electron chi connectivity index (χ1n) is 8.02. The zero-order valence-corrected chi connectivity index (χ0v) is 15.6. The lowest BCUT2D eigenvalue weighted by atomic mass is 9.86. The number of carbonyl (C=O) groups is 1. The highest BCUT2D eigenvalue weighted by atomic mass is 32.2. The summed E-state index contributed by atoms with van der Waals surface area (Å²) in [5.74, 6) is -1.05. The molecule has 0 saturated carbocycles. The second-order valence-electron chi connectivity index (χ2n) is 6.12. The van der Waals surface area contributed by atoms with E-state index in [1.807, 2.05) is 30.3 Å².